The third-order valence-electron chi connectivity index (χ3n) is 2.51. The molecule has 0 radical (unpaired) electrons. The number of aliphatic hydroxyl groups is 1. The Balaban J connectivity index is 2.48. The molecule has 1 aliphatic rings. The fourth-order valence-electron chi connectivity index (χ4n) is 1.75. The van der Waals surface area contributed by atoms with Crippen LogP contribution in [0.1, 0.15) is 6.23 Å². The van der Waals surface area contributed by atoms with Crippen LogP contribution in [-0.2, 0) is 7.05 Å². The summed E-state index contributed by atoms with van der Waals surface area (Å²) in [4.78, 5) is 20.1. The second kappa shape index (κ2) is 2.57. The van der Waals surface area contributed by atoms with E-state index >= 15 is 0 Å². The molecule has 78 valence electrons. The lowest BCUT2D eigenvalue weighted by Crippen LogP contribution is -2.23. The molecule has 7 heteroatoms. The molecule has 0 saturated carbocycles. The Kier molecular flexibility index (Phi) is 1.44. The van der Waals surface area contributed by atoms with E-state index in [0.717, 1.165) is 0 Å². The maximum absolute atomic E-state index is 11.9. The van der Waals surface area contributed by atoms with E-state index in [9.17, 15) is 9.90 Å². The predicted molar refractivity (Wildman–Crippen MR) is 52.5 cm³/mol. The first-order valence-corrected chi connectivity index (χ1v) is 4.54. The topological polar surface area (TPSA) is 85.0 Å². The predicted octanol–water partition coefficient (Wildman–Crippen LogP) is -0.954. The van der Waals surface area contributed by atoms with Gasteiger partial charge < -0.3 is 15.0 Å². The maximum atomic E-state index is 11.9. The molecular weight excluding hydrogens is 198 g/mol. The zero-order valence-corrected chi connectivity index (χ0v) is 8.01. The van der Waals surface area contributed by atoms with Crippen molar-refractivity contribution in [3.8, 4) is 0 Å². The fourth-order valence-corrected chi connectivity index (χ4v) is 1.75. The van der Waals surface area contributed by atoms with Crippen LogP contribution in [0.25, 0.3) is 11.2 Å². The molecular formula is C8H9N5O2. The second-order valence-corrected chi connectivity index (χ2v) is 3.50. The average molecular weight is 207 g/mol. The lowest BCUT2D eigenvalue weighted by atomic mass is 10.5. The molecule has 0 saturated heterocycles. The largest absolute Gasteiger partial charge is 0.371 e. The Labute approximate surface area is 84.0 Å². The standard InChI is InChI=1S/C8H9N5O2/c1-12-3-10-5-6(12)11-8-9-2-4(14)13(8)7(5)15/h3-4,14H,2H2,1H3,(H,9,11). The first-order valence-electron chi connectivity index (χ1n) is 4.54. The van der Waals surface area contributed by atoms with E-state index in [2.05, 4.69) is 15.3 Å². The molecule has 7 nitrogen and oxygen atoms in total. The fraction of sp³-hybridized carbons (Fsp3) is 0.375. The normalized spacial score (nSPS) is 19.2. The number of anilines is 1. The van der Waals surface area contributed by atoms with Gasteiger partial charge in [0.1, 0.15) is 0 Å². The number of aryl methyl sites for hydroxylation is 1. The number of rotatable bonds is 0. The molecule has 3 heterocycles. The highest BCUT2D eigenvalue weighted by atomic mass is 16.3. The molecule has 1 aliphatic heterocycles. The monoisotopic (exact) mass is 207 g/mol. The SMILES string of the molecule is Cn1cnc2c(=O)n3c(nc21)NCC3O. The number of β-amino-alcohol motifs (C(OH)–C–C–N with tert-alkyl or cyclic N) is 1. The summed E-state index contributed by atoms with van der Waals surface area (Å²) in [5, 5.41) is 12.4. The minimum atomic E-state index is -0.855. The molecule has 1 atom stereocenters. The number of aliphatic hydroxyl groups excluding tert-OH is 1. The van der Waals surface area contributed by atoms with Gasteiger partial charge in [0.05, 0.1) is 12.9 Å². The molecule has 1 unspecified atom stereocenters. The van der Waals surface area contributed by atoms with Gasteiger partial charge in [-0.15, -0.1) is 0 Å². The first kappa shape index (κ1) is 8.42. The van der Waals surface area contributed by atoms with Gasteiger partial charge in [-0.25, -0.2) is 9.55 Å². The number of imidazole rings is 1. The van der Waals surface area contributed by atoms with Crippen molar-refractivity contribution in [1.82, 2.24) is 19.1 Å². The number of nitrogens with zero attached hydrogens (tertiary/aromatic N) is 4. The molecule has 2 aromatic rings. The summed E-state index contributed by atoms with van der Waals surface area (Å²) in [6.45, 7) is 0.304. The summed E-state index contributed by atoms with van der Waals surface area (Å²) in [6, 6.07) is 0. The Bertz CT molecular complexity index is 599. The third kappa shape index (κ3) is 0.949. The van der Waals surface area contributed by atoms with Crippen molar-refractivity contribution in [3.05, 3.63) is 16.7 Å². The summed E-state index contributed by atoms with van der Waals surface area (Å²) >= 11 is 0. The number of hydrogen-bond acceptors (Lipinski definition) is 5. The van der Waals surface area contributed by atoms with Gasteiger partial charge in [-0.1, -0.05) is 0 Å². The number of hydrogen-bond donors (Lipinski definition) is 2. The summed E-state index contributed by atoms with van der Waals surface area (Å²) in [7, 11) is 1.77. The van der Waals surface area contributed by atoms with Crippen LogP contribution in [0.3, 0.4) is 0 Å². The quantitative estimate of drug-likeness (QED) is 0.581. The van der Waals surface area contributed by atoms with Crippen LogP contribution < -0.4 is 10.9 Å². The highest BCUT2D eigenvalue weighted by Crippen LogP contribution is 2.18. The Hall–Kier alpha value is -1.89. The van der Waals surface area contributed by atoms with Crippen LogP contribution in [-0.4, -0.2) is 30.8 Å². The lowest BCUT2D eigenvalue weighted by Gasteiger charge is -2.04. The van der Waals surface area contributed by atoms with E-state index in [1.54, 1.807) is 11.6 Å². The van der Waals surface area contributed by atoms with Crippen molar-refractivity contribution in [2.24, 2.45) is 7.05 Å². The van der Waals surface area contributed by atoms with Gasteiger partial charge in [-0.3, -0.25) is 4.79 Å². The van der Waals surface area contributed by atoms with Gasteiger partial charge in [-0.05, 0) is 0 Å². The van der Waals surface area contributed by atoms with Gasteiger partial charge in [0.2, 0.25) is 5.95 Å². The molecule has 2 aromatic heterocycles. The van der Waals surface area contributed by atoms with Gasteiger partial charge >= 0.3 is 0 Å². The smallest absolute Gasteiger partial charge is 0.285 e. The molecule has 3 rings (SSSR count). The zero-order chi connectivity index (χ0) is 10.6. The lowest BCUT2D eigenvalue weighted by molar-refractivity contribution is 0.128. The van der Waals surface area contributed by atoms with Crippen molar-refractivity contribution in [2.75, 3.05) is 11.9 Å². The van der Waals surface area contributed by atoms with E-state index in [0.29, 0.717) is 18.1 Å². The second-order valence-electron chi connectivity index (χ2n) is 3.50. The summed E-state index contributed by atoms with van der Waals surface area (Å²) < 4.78 is 2.89. The summed E-state index contributed by atoms with van der Waals surface area (Å²) in [5.74, 6) is 0.392. The Morgan fingerprint density at radius 2 is 2.47 bits per heavy atom. The minimum Gasteiger partial charge on any atom is -0.371 e. The van der Waals surface area contributed by atoms with Gasteiger partial charge in [-0.2, -0.15) is 4.98 Å². The van der Waals surface area contributed by atoms with Crippen molar-refractivity contribution in [3.63, 3.8) is 0 Å². The zero-order valence-electron chi connectivity index (χ0n) is 8.01. The maximum Gasteiger partial charge on any atom is 0.285 e. The van der Waals surface area contributed by atoms with E-state index in [4.69, 9.17) is 0 Å². The van der Waals surface area contributed by atoms with Crippen LogP contribution in [0, 0.1) is 0 Å². The molecule has 2 N–H and O–H groups in total. The van der Waals surface area contributed by atoms with Crippen molar-refractivity contribution < 1.29 is 5.11 Å². The molecule has 0 fully saturated rings. The van der Waals surface area contributed by atoms with Gasteiger partial charge in [0.15, 0.2) is 17.4 Å². The van der Waals surface area contributed by atoms with Gasteiger partial charge in [0, 0.05) is 7.05 Å². The molecule has 0 spiro atoms. The molecule has 0 amide bonds. The average Bonchev–Trinajstić information content (AvgIpc) is 2.74. The van der Waals surface area contributed by atoms with Crippen molar-refractivity contribution in [1.29, 1.82) is 0 Å². The van der Waals surface area contributed by atoms with Crippen LogP contribution in [0.2, 0.25) is 0 Å². The molecule has 0 aromatic carbocycles. The number of fused-ring (bicyclic) bond motifs is 2. The van der Waals surface area contributed by atoms with Crippen LogP contribution in [0.4, 0.5) is 5.95 Å². The molecule has 0 aliphatic carbocycles. The number of aromatic nitrogens is 4. The Morgan fingerprint density at radius 3 is 3.27 bits per heavy atom. The van der Waals surface area contributed by atoms with Crippen LogP contribution in [0.15, 0.2) is 11.1 Å². The Morgan fingerprint density at radius 1 is 1.67 bits per heavy atom. The van der Waals surface area contributed by atoms with E-state index in [1.807, 2.05) is 0 Å². The molecule has 15 heavy (non-hydrogen) atoms. The first-order chi connectivity index (χ1) is 7.18. The molecule has 0 bridgehead atoms. The number of nitrogens with one attached hydrogen (secondary N) is 1. The summed E-state index contributed by atoms with van der Waals surface area (Å²) in [6.07, 6.45) is 0.674. The summed E-state index contributed by atoms with van der Waals surface area (Å²) in [5.41, 5.74) is 0.491. The van der Waals surface area contributed by atoms with Crippen LogP contribution >= 0.6 is 0 Å². The highest BCUT2D eigenvalue weighted by molar-refractivity contribution is 5.71. The van der Waals surface area contributed by atoms with Gasteiger partial charge in [0.25, 0.3) is 5.56 Å². The third-order valence-corrected chi connectivity index (χ3v) is 2.51. The highest BCUT2D eigenvalue weighted by Gasteiger charge is 2.24. The van der Waals surface area contributed by atoms with Crippen molar-refractivity contribution in [2.45, 2.75) is 6.23 Å². The van der Waals surface area contributed by atoms with E-state index < -0.39 is 6.23 Å². The van der Waals surface area contributed by atoms with E-state index in [-0.39, 0.29) is 11.1 Å². The van der Waals surface area contributed by atoms with Crippen molar-refractivity contribution >= 4 is 17.1 Å². The van der Waals surface area contributed by atoms with Crippen LogP contribution in [0.5, 0.6) is 0 Å². The van der Waals surface area contributed by atoms with E-state index in [1.165, 1.54) is 10.9 Å². The minimum absolute atomic E-state index is 0.281.